The summed E-state index contributed by atoms with van der Waals surface area (Å²) in [4.78, 5) is 19.1. The number of amides is 1. The molecule has 1 aliphatic heterocycles. The lowest BCUT2D eigenvalue weighted by molar-refractivity contribution is 0.0724. The Morgan fingerprint density at radius 2 is 2.26 bits per heavy atom. The molecule has 1 aromatic carbocycles. The van der Waals surface area contributed by atoms with Gasteiger partial charge in [0.05, 0.1) is 13.7 Å². The second-order valence-corrected chi connectivity index (χ2v) is 5.81. The normalized spacial score (nSPS) is 17.4. The summed E-state index contributed by atoms with van der Waals surface area (Å²) in [7, 11) is 1.58. The van der Waals surface area contributed by atoms with Crippen LogP contribution >= 0.6 is 0 Å². The third-order valence-electron chi connectivity index (χ3n) is 4.29. The minimum absolute atomic E-state index is 0.0524. The van der Waals surface area contributed by atoms with Crippen molar-refractivity contribution in [1.82, 2.24) is 9.88 Å². The lowest BCUT2D eigenvalue weighted by atomic mass is 10.1. The lowest BCUT2D eigenvalue weighted by Crippen LogP contribution is -2.36. The van der Waals surface area contributed by atoms with Crippen molar-refractivity contribution in [2.45, 2.75) is 13.3 Å². The van der Waals surface area contributed by atoms with Crippen LogP contribution in [-0.4, -0.2) is 49.2 Å². The monoisotopic (exact) mass is 314 g/mol. The van der Waals surface area contributed by atoms with E-state index in [1.807, 2.05) is 42.2 Å². The molecule has 1 fully saturated rings. The third kappa shape index (κ3) is 3.29. The zero-order valence-corrected chi connectivity index (χ0v) is 13.6. The zero-order chi connectivity index (χ0) is 16.2. The quantitative estimate of drug-likeness (QED) is 0.851. The van der Waals surface area contributed by atoms with Crippen LogP contribution in [0.15, 0.2) is 30.3 Å². The first-order valence-corrected chi connectivity index (χ1v) is 8.03. The summed E-state index contributed by atoms with van der Waals surface area (Å²) in [6.45, 7) is 4.89. The summed E-state index contributed by atoms with van der Waals surface area (Å²) < 4.78 is 10.8. The Kier molecular flexibility index (Phi) is 4.76. The van der Waals surface area contributed by atoms with Crippen LogP contribution in [0.2, 0.25) is 0 Å². The summed E-state index contributed by atoms with van der Waals surface area (Å²) >= 11 is 0. The Balaban J connectivity index is 1.89. The standard InChI is InChI=1S/C18H22N2O3/c1-3-20(11-13-8-9-23-12-13)18(21)16-10-14-6-4-5-7-15(14)17(19-16)22-2/h4-7,10,13H,3,8-9,11-12H2,1-2H3. The third-order valence-corrected chi connectivity index (χ3v) is 4.29. The minimum atomic E-state index is -0.0524. The first-order valence-electron chi connectivity index (χ1n) is 8.03. The molecule has 3 rings (SSSR count). The molecule has 0 aliphatic carbocycles. The van der Waals surface area contributed by atoms with Crippen LogP contribution in [0.4, 0.5) is 0 Å². The maximum atomic E-state index is 12.8. The van der Waals surface area contributed by atoms with Gasteiger partial charge in [-0.05, 0) is 30.9 Å². The van der Waals surface area contributed by atoms with Gasteiger partial charge in [0.25, 0.3) is 5.91 Å². The molecular formula is C18H22N2O3. The van der Waals surface area contributed by atoms with Crippen LogP contribution in [0.3, 0.4) is 0 Å². The van der Waals surface area contributed by atoms with Gasteiger partial charge in [-0.15, -0.1) is 0 Å². The molecule has 1 saturated heterocycles. The van der Waals surface area contributed by atoms with E-state index >= 15 is 0 Å². The van der Waals surface area contributed by atoms with E-state index in [4.69, 9.17) is 9.47 Å². The number of ether oxygens (including phenoxy) is 2. The van der Waals surface area contributed by atoms with E-state index in [-0.39, 0.29) is 5.91 Å². The van der Waals surface area contributed by atoms with Crippen molar-refractivity contribution in [3.8, 4) is 5.88 Å². The summed E-state index contributed by atoms with van der Waals surface area (Å²) in [5.41, 5.74) is 0.432. The molecule has 23 heavy (non-hydrogen) atoms. The molecule has 1 aliphatic rings. The predicted octanol–water partition coefficient (Wildman–Crippen LogP) is 2.74. The number of fused-ring (bicyclic) bond motifs is 1. The Morgan fingerprint density at radius 3 is 2.96 bits per heavy atom. The van der Waals surface area contributed by atoms with E-state index in [0.717, 1.165) is 30.4 Å². The average molecular weight is 314 g/mol. The van der Waals surface area contributed by atoms with E-state index in [1.54, 1.807) is 7.11 Å². The summed E-state index contributed by atoms with van der Waals surface area (Å²) in [6.07, 6.45) is 1.01. The fourth-order valence-corrected chi connectivity index (χ4v) is 2.99. The van der Waals surface area contributed by atoms with Crippen LogP contribution in [0.25, 0.3) is 10.8 Å². The molecule has 0 N–H and O–H groups in total. The van der Waals surface area contributed by atoms with E-state index in [2.05, 4.69) is 4.98 Å². The highest BCUT2D eigenvalue weighted by Crippen LogP contribution is 2.25. The highest BCUT2D eigenvalue weighted by Gasteiger charge is 2.23. The van der Waals surface area contributed by atoms with Crippen LogP contribution in [-0.2, 0) is 4.74 Å². The van der Waals surface area contributed by atoms with Gasteiger partial charge in [0.1, 0.15) is 5.69 Å². The molecule has 2 aromatic rings. The molecule has 1 amide bonds. The minimum Gasteiger partial charge on any atom is -0.481 e. The lowest BCUT2D eigenvalue weighted by Gasteiger charge is -2.23. The molecule has 0 saturated carbocycles. The predicted molar refractivity (Wildman–Crippen MR) is 88.8 cm³/mol. The van der Waals surface area contributed by atoms with Gasteiger partial charge in [-0.2, -0.15) is 0 Å². The average Bonchev–Trinajstić information content (AvgIpc) is 3.11. The number of carbonyl (C=O) groups excluding carboxylic acids is 1. The molecule has 0 bridgehead atoms. The van der Waals surface area contributed by atoms with Crippen LogP contribution in [0.1, 0.15) is 23.8 Å². The Morgan fingerprint density at radius 1 is 1.43 bits per heavy atom. The van der Waals surface area contributed by atoms with Crippen molar-refractivity contribution in [2.75, 3.05) is 33.4 Å². The molecule has 1 atom stereocenters. The van der Waals surface area contributed by atoms with Crippen LogP contribution in [0.5, 0.6) is 5.88 Å². The number of benzene rings is 1. The summed E-state index contributed by atoms with van der Waals surface area (Å²) in [5.74, 6) is 0.858. The molecule has 2 heterocycles. The highest BCUT2D eigenvalue weighted by molar-refractivity contribution is 5.98. The van der Waals surface area contributed by atoms with Crippen molar-refractivity contribution in [3.63, 3.8) is 0 Å². The van der Waals surface area contributed by atoms with Crippen molar-refractivity contribution in [1.29, 1.82) is 0 Å². The van der Waals surface area contributed by atoms with Gasteiger partial charge in [-0.3, -0.25) is 4.79 Å². The van der Waals surface area contributed by atoms with E-state index in [0.29, 0.717) is 30.6 Å². The van der Waals surface area contributed by atoms with Gasteiger partial charge in [0.15, 0.2) is 0 Å². The van der Waals surface area contributed by atoms with Gasteiger partial charge in [0.2, 0.25) is 5.88 Å². The molecule has 5 nitrogen and oxygen atoms in total. The topological polar surface area (TPSA) is 51.7 Å². The first-order chi connectivity index (χ1) is 11.2. The smallest absolute Gasteiger partial charge is 0.272 e. The number of hydrogen-bond donors (Lipinski definition) is 0. The second kappa shape index (κ2) is 6.96. The molecule has 5 heteroatoms. The summed E-state index contributed by atoms with van der Waals surface area (Å²) in [5, 5.41) is 1.88. The number of hydrogen-bond acceptors (Lipinski definition) is 4. The SMILES string of the molecule is CCN(CC1CCOC1)C(=O)c1cc2ccccc2c(OC)n1. The largest absolute Gasteiger partial charge is 0.481 e. The van der Waals surface area contributed by atoms with Crippen molar-refractivity contribution in [3.05, 3.63) is 36.0 Å². The van der Waals surface area contributed by atoms with Gasteiger partial charge in [-0.1, -0.05) is 18.2 Å². The van der Waals surface area contributed by atoms with Crippen molar-refractivity contribution >= 4 is 16.7 Å². The number of nitrogens with zero attached hydrogens (tertiary/aromatic N) is 2. The van der Waals surface area contributed by atoms with Gasteiger partial charge < -0.3 is 14.4 Å². The molecule has 1 aromatic heterocycles. The molecule has 1 unspecified atom stereocenters. The number of pyridine rings is 1. The second-order valence-electron chi connectivity index (χ2n) is 5.81. The van der Waals surface area contributed by atoms with Gasteiger partial charge in [-0.25, -0.2) is 4.98 Å². The molecule has 0 spiro atoms. The Hall–Kier alpha value is -2.14. The molecular weight excluding hydrogens is 292 g/mol. The maximum Gasteiger partial charge on any atom is 0.272 e. The fraction of sp³-hybridized carbons (Fsp3) is 0.444. The Bertz CT molecular complexity index is 696. The number of rotatable bonds is 5. The first kappa shape index (κ1) is 15.7. The number of aromatic nitrogens is 1. The van der Waals surface area contributed by atoms with Crippen LogP contribution < -0.4 is 4.74 Å². The number of methoxy groups -OCH3 is 1. The summed E-state index contributed by atoms with van der Waals surface area (Å²) in [6, 6.07) is 9.64. The van der Waals surface area contributed by atoms with Gasteiger partial charge in [0, 0.05) is 31.0 Å². The van der Waals surface area contributed by atoms with E-state index in [9.17, 15) is 4.79 Å². The van der Waals surface area contributed by atoms with Crippen molar-refractivity contribution < 1.29 is 14.3 Å². The fourth-order valence-electron chi connectivity index (χ4n) is 2.99. The van der Waals surface area contributed by atoms with Crippen molar-refractivity contribution in [2.24, 2.45) is 5.92 Å². The zero-order valence-electron chi connectivity index (χ0n) is 13.6. The number of carbonyl (C=O) groups is 1. The van der Waals surface area contributed by atoms with E-state index in [1.165, 1.54) is 0 Å². The highest BCUT2D eigenvalue weighted by atomic mass is 16.5. The van der Waals surface area contributed by atoms with Gasteiger partial charge >= 0.3 is 0 Å². The molecule has 122 valence electrons. The van der Waals surface area contributed by atoms with E-state index < -0.39 is 0 Å². The maximum absolute atomic E-state index is 12.8. The molecule has 0 radical (unpaired) electrons. The Labute approximate surface area is 136 Å². The van der Waals surface area contributed by atoms with Crippen LogP contribution in [0, 0.1) is 5.92 Å².